The minimum atomic E-state index is -0.638. The van der Waals surface area contributed by atoms with Gasteiger partial charge in [-0.15, -0.1) is 0 Å². The molecule has 11 nitrogen and oxygen atoms in total. The van der Waals surface area contributed by atoms with Crippen molar-refractivity contribution in [3.8, 4) is 22.8 Å². The third-order valence-electron chi connectivity index (χ3n) is 8.52. The van der Waals surface area contributed by atoms with Crippen molar-refractivity contribution in [1.82, 2.24) is 39.2 Å². The minimum absolute atomic E-state index is 0.133. The Labute approximate surface area is 241 Å². The number of H-pyrrole nitrogens is 1. The Kier molecular flexibility index (Phi) is 6.61. The van der Waals surface area contributed by atoms with Crippen molar-refractivity contribution in [1.29, 1.82) is 0 Å². The number of hydrogen-bond acceptors (Lipinski definition) is 8. The van der Waals surface area contributed by atoms with Gasteiger partial charge in [0.05, 0.1) is 39.8 Å². The minimum Gasteiger partial charge on any atom is -0.340 e. The number of pyridine rings is 2. The molecular formula is C29H32ClN9O2. The lowest BCUT2D eigenvalue weighted by atomic mass is 9.83. The normalized spacial score (nSPS) is 21.2. The summed E-state index contributed by atoms with van der Waals surface area (Å²) < 4.78 is 9.16. The third-order valence-corrected chi connectivity index (χ3v) is 8.72. The maximum atomic E-state index is 11.8. The number of rotatable bonds is 6. The fraction of sp³-hybridized carbons (Fsp3) is 0.448. The zero-order valence-electron chi connectivity index (χ0n) is 23.1. The van der Waals surface area contributed by atoms with Crippen LogP contribution in [-0.4, -0.2) is 45.8 Å². The lowest BCUT2D eigenvalue weighted by Crippen LogP contribution is -2.28. The first-order chi connectivity index (χ1) is 19.9. The topological polar surface area (TPSA) is 124 Å². The largest absolute Gasteiger partial charge is 0.439 e. The van der Waals surface area contributed by atoms with Crippen LogP contribution in [0.25, 0.3) is 33.8 Å². The highest BCUT2D eigenvalue weighted by Crippen LogP contribution is 2.41. The molecule has 2 aliphatic rings. The van der Waals surface area contributed by atoms with Crippen LogP contribution in [0.3, 0.4) is 0 Å². The van der Waals surface area contributed by atoms with Gasteiger partial charge in [0, 0.05) is 44.3 Å². The van der Waals surface area contributed by atoms with Gasteiger partial charge in [0.2, 0.25) is 11.8 Å². The predicted octanol–water partition coefficient (Wildman–Crippen LogP) is 5.39. The number of nitrogens with one attached hydrogen (secondary N) is 1. The molecule has 1 saturated carbocycles. The highest BCUT2D eigenvalue weighted by molar-refractivity contribution is 6.30. The van der Waals surface area contributed by atoms with E-state index in [0.717, 1.165) is 60.1 Å². The van der Waals surface area contributed by atoms with Gasteiger partial charge in [-0.25, -0.2) is 19.7 Å². The summed E-state index contributed by atoms with van der Waals surface area (Å²) in [7, 11) is 2.00. The van der Waals surface area contributed by atoms with Gasteiger partial charge in [-0.05, 0) is 49.7 Å². The number of hydrogen-bond donors (Lipinski definition) is 1. The van der Waals surface area contributed by atoms with Crippen LogP contribution >= 0.6 is 11.6 Å². The van der Waals surface area contributed by atoms with Gasteiger partial charge in [-0.2, -0.15) is 0 Å². The van der Waals surface area contributed by atoms with Gasteiger partial charge in [-0.1, -0.05) is 36.5 Å². The highest BCUT2D eigenvalue weighted by atomic mass is 35.5. The standard InChI is InChI=1S/C29H32ClN9O2/c1-17-5-7-18(8-6-17)14-39-26-21(34-28(39)38-9-3-4-24(38)23-15-37(2)16-32-23)11-22(27-35-29(40)41-36-27)33-25(26)19-10-20(30)13-31-12-19/h10-13,15-18,24H,3-9,14H2,1-2H3,(H,35,36,40). The molecule has 5 aromatic heterocycles. The maximum Gasteiger partial charge on any atom is 0.439 e. The summed E-state index contributed by atoms with van der Waals surface area (Å²) in [6, 6.07) is 3.87. The van der Waals surface area contributed by atoms with Crippen molar-refractivity contribution in [2.45, 2.75) is 58.0 Å². The average molecular weight is 574 g/mol. The first-order valence-corrected chi connectivity index (χ1v) is 14.6. The third kappa shape index (κ3) is 4.92. The molecule has 12 heteroatoms. The molecule has 2 fully saturated rings. The summed E-state index contributed by atoms with van der Waals surface area (Å²) in [5.41, 5.74) is 4.65. The Morgan fingerprint density at radius 3 is 2.71 bits per heavy atom. The van der Waals surface area contributed by atoms with Crippen LogP contribution in [0.5, 0.6) is 0 Å². The molecule has 1 unspecified atom stereocenters. The summed E-state index contributed by atoms with van der Waals surface area (Å²) >= 11 is 6.41. The molecule has 212 valence electrons. The Morgan fingerprint density at radius 2 is 1.98 bits per heavy atom. The molecule has 1 aliphatic heterocycles. The van der Waals surface area contributed by atoms with E-state index in [4.69, 9.17) is 31.1 Å². The van der Waals surface area contributed by atoms with Gasteiger partial charge in [-0.3, -0.25) is 14.5 Å². The number of aryl methyl sites for hydroxylation is 1. The second kappa shape index (κ2) is 10.4. The summed E-state index contributed by atoms with van der Waals surface area (Å²) in [5, 5.41) is 4.42. The number of nitrogens with zero attached hydrogens (tertiary/aromatic N) is 8. The molecule has 0 amide bonds. The van der Waals surface area contributed by atoms with E-state index in [1.807, 2.05) is 30.1 Å². The monoisotopic (exact) mass is 573 g/mol. The van der Waals surface area contributed by atoms with E-state index in [1.165, 1.54) is 25.7 Å². The van der Waals surface area contributed by atoms with Crippen LogP contribution in [0.4, 0.5) is 5.95 Å². The number of aromatic amines is 1. The van der Waals surface area contributed by atoms with Crippen molar-refractivity contribution >= 4 is 28.6 Å². The SMILES string of the molecule is CC1CCC(Cn2c(N3CCCC3c3cn(C)cn3)nc3cc(-c4noc(=O)[nH]4)nc(-c4cncc(Cl)c4)c32)CC1. The van der Waals surface area contributed by atoms with Crippen molar-refractivity contribution in [2.75, 3.05) is 11.4 Å². The molecular weight excluding hydrogens is 542 g/mol. The van der Waals surface area contributed by atoms with Crippen LogP contribution in [0.15, 0.2) is 46.4 Å². The second-order valence-electron chi connectivity index (χ2n) is 11.5. The molecule has 5 aromatic rings. The Morgan fingerprint density at radius 1 is 1.12 bits per heavy atom. The summed E-state index contributed by atoms with van der Waals surface area (Å²) in [6.07, 6.45) is 14.2. The molecule has 0 aromatic carbocycles. The van der Waals surface area contributed by atoms with Crippen LogP contribution in [0.1, 0.15) is 57.2 Å². The van der Waals surface area contributed by atoms with Crippen molar-refractivity contribution in [3.05, 3.63) is 58.3 Å². The van der Waals surface area contributed by atoms with E-state index in [2.05, 4.69) is 37.7 Å². The molecule has 1 N–H and O–H groups in total. The van der Waals surface area contributed by atoms with Gasteiger partial charge < -0.3 is 14.0 Å². The van der Waals surface area contributed by atoms with Crippen molar-refractivity contribution < 1.29 is 4.52 Å². The second-order valence-corrected chi connectivity index (χ2v) is 12.0. The molecule has 1 aliphatic carbocycles. The summed E-state index contributed by atoms with van der Waals surface area (Å²) in [4.78, 5) is 36.2. The maximum absolute atomic E-state index is 11.8. The van der Waals surface area contributed by atoms with Gasteiger partial charge in [0.1, 0.15) is 5.69 Å². The van der Waals surface area contributed by atoms with Crippen molar-refractivity contribution in [2.24, 2.45) is 18.9 Å². The Hall–Kier alpha value is -3.99. The fourth-order valence-electron chi connectivity index (χ4n) is 6.43. The zero-order valence-corrected chi connectivity index (χ0v) is 23.9. The molecule has 41 heavy (non-hydrogen) atoms. The first kappa shape index (κ1) is 25.9. The predicted molar refractivity (Wildman–Crippen MR) is 156 cm³/mol. The Balaban J connectivity index is 1.44. The molecule has 0 radical (unpaired) electrons. The summed E-state index contributed by atoms with van der Waals surface area (Å²) in [6.45, 7) is 4.07. The molecule has 0 bridgehead atoms. The van der Waals surface area contributed by atoms with Crippen LogP contribution in [-0.2, 0) is 13.6 Å². The van der Waals surface area contributed by atoms with Gasteiger partial charge in [0.25, 0.3) is 0 Å². The highest BCUT2D eigenvalue weighted by Gasteiger charge is 2.33. The van der Waals surface area contributed by atoms with E-state index in [9.17, 15) is 4.79 Å². The number of fused-ring (bicyclic) bond motifs is 1. The fourth-order valence-corrected chi connectivity index (χ4v) is 6.60. The average Bonchev–Trinajstić information content (AvgIpc) is 3.76. The quantitative estimate of drug-likeness (QED) is 0.287. The number of imidazole rings is 2. The van der Waals surface area contributed by atoms with E-state index in [1.54, 1.807) is 12.4 Å². The van der Waals surface area contributed by atoms with E-state index in [-0.39, 0.29) is 11.9 Å². The molecule has 7 rings (SSSR count). The number of halogens is 1. The lowest BCUT2D eigenvalue weighted by molar-refractivity contribution is 0.266. The number of aromatic nitrogens is 8. The molecule has 1 saturated heterocycles. The van der Waals surface area contributed by atoms with Gasteiger partial charge >= 0.3 is 5.76 Å². The molecule has 0 spiro atoms. The molecule has 1 atom stereocenters. The van der Waals surface area contributed by atoms with Crippen LogP contribution in [0.2, 0.25) is 5.02 Å². The van der Waals surface area contributed by atoms with E-state index in [0.29, 0.717) is 22.3 Å². The first-order valence-electron chi connectivity index (χ1n) is 14.3. The van der Waals surface area contributed by atoms with Crippen LogP contribution < -0.4 is 10.7 Å². The van der Waals surface area contributed by atoms with E-state index < -0.39 is 5.76 Å². The number of anilines is 1. The lowest BCUT2D eigenvalue weighted by Gasteiger charge is -2.30. The molecule has 6 heterocycles. The Bertz CT molecular complexity index is 1760. The van der Waals surface area contributed by atoms with E-state index >= 15 is 0 Å². The van der Waals surface area contributed by atoms with Gasteiger partial charge in [0.15, 0.2) is 0 Å². The zero-order chi connectivity index (χ0) is 28.1. The smallest absolute Gasteiger partial charge is 0.340 e. The van der Waals surface area contributed by atoms with Crippen LogP contribution in [0, 0.1) is 11.8 Å². The van der Waals surface area contributed by atoms with Crippen molar-refractivity contribution in [3.63, 3.8) is 0 Å². The summed E-state index contributed by atoms with van der Waals surface area (Å²) in [5.74, 6) is 1.82.